The van der Waals surface area contributed by atoms with E-state index in [0.717, 1.165) is 165 Å². The van der Waals surface area contributed by atoms with E-state index in [1.165, 1.54) is 36.4 Å². The zero-order valence-electron chi connectivity index (χ0n) is 42.1. The van der Waals surface area contributed by atoms with Crippen molar-refractivity contribution in [1.82, 2.24) is 0 Å². The lowest BCUT2D eigenvalue weighted by Gasteiger charge is -2.19. The first-order valence-corrected chi connectivity index (χ1v) is 26.7. The van der Waals surface area contributed by atoms with Crippen molar-refractivity contribution in [1.29, 1.82) is 0 Å². The number of para-hydroxylation sites is 2. The number of hydrogen-bond acceptors (Lipinski definition) is 2. The van der Waals surface area contributed by atoms with E-state index in [1.807, 2.05) is 97.1 Å². The fourth-order valence-electron chi connectivity index (χ4n) is 14.1. The first-order chi connectivity index (χ1) is 39.3. The van der Waals surface area contributed by atoms with E-state index in [-0.39, 0.29) is 11.1 Å². The number of rotatable bonds is 4. The average Bonchev–Trinajstić information content (AvgIpc) is 3.74. The van der Waals surface area contributed by atoms with Crippen molar-refractivity contribution < 1.29 is 26.4 Å². The first-order valence-electron chi connectivity index (χ1n) is 26.7. The Labute approximate surface area is 452 Å². The summed E-state index contributed by atoms with van der Waals surface area (Å²) in [4.78, 5) is 0. The highest BCUT2D eigenvalue weighted by atomic mass is 19.1. The van der Waals surface area contributed by atoms with Crippen molar-refractivity contribution in [3.63, 3.8) is 0 Å². The minimum Gasteiger partial charge on any atom is -0.456 e. The van der Waals surface area contributed by atoms with Gasteiger partial charge < -0.3 is 8.83 Å². The second-order valence-corrected chi connectivity index (χ2v) is 21.4. The van der Waals surface area contributed by atoms with E-state index in [0.29, 0.717) is 11.1 Å². The Bertz CT molecular complexity index is 5160. The van der Waals surface area contributed by atoms with Crippen molar-refractivity contribution >= 4 is 97.7 Å². The Morgan fingerprint density at radius 1 is 0.188 bits per heavy atom. The topological polar surface area (TPSA) is 26.3 Å². The Balaban J connectivity index is 1.00. The fourth-order valence-corrected chi connectivity index (χ4v) is 14.1. The molecule has 6 heteroatoms. The highest BCUT2D eigenvalue weighted by Crippen LogP contribution is 2.57. The summed E-state index contributed by atoms with van der Waals surface area (Å²) in [5.74, 6) is -2.44. The molecule has 0 atom stereocenters. The van der Waals surface area contributed by atoms with Crippen LogP contribution in [0.2, 0.25) is 0 Å². The van der Waals surface area contributed by atoms with Crippen LogP contribution in [0.4, 0.5) is 17.6 Å². The molecule has 0 unspecified atom stereocenters. The maximum atomic E-state index is 15.7. The van der Waals surface area contributed by atoms with Gasteiger partial charge in [0.2, 0.25) is 0 Å². The predicted molar refractivity (Wildman–Crippen MR) is 319 cm³/mol. The molecule has 0 bridgehead atoms. The van der Waals surface area contributed by atoms with Crippen LogP contribution in [0.5, 0.6) is 0 Å². The molecule has 0 radical (unpaired) electrons. The minimum atomic E-state index is -0.611. The highest BCUT2D eigenvalue weighted by Gasteiger charge is 2.30. The molecule has 0 saturated carbocycles. The summed E-state index contributed by atoms with van der Waals surface area (Å²) in [6.45, 7) is 0. The third kappa shape index (κ3) is 5.71. The van der Waals surface area contributed by atoms with Crippen molar-refractivity contribution in [2.75, 3.05) is 0 Å². The Morgan fingerprint density at radius 2 is 0.475 bits per heavy atom. The summed E-state index contributed by atoms with van der Waals surface area (Å²) in [5.41, 5.74) is 16.2. The predicted octanol–water partition coefficient (Wildman–Crippen LogP) is 21.8. The largest absolute Gasteiger partial charge is 0.456 e. The van der Waals surface area contributed by atoms with Crippen LogP contribution < -0.4 is 0 Å². The smallest absolute Gasteiger partial charge is 0.136 e. The van der Waals surface area contributed by atoms with Crippen LogP contribution >= 0.6 is 0 Å². The van der Waals surface area contributed by atoms with Crippen LogP contribution in [0.1, 0.15) is 0 Å². The molecule has 2 nitrogen and oxygen atoms in total. The molecule has 0 fully saturated rings. The summed E-state index contributed by atoms with van der Waals surface area (Å²) in [6, 6.07) is 70.9. The molecule has 2 aromatic heterocycles. The van der Waals surface area contributed by atoms with Crippen LogP contribution in [-0.2, 0) is 0 Å². The van der Waals surface area contributed by atoms with E-state index in [4.69, 9.17) is 8.83 Å². The molecule has 0 spiro atoms. The summed E-state index contributed by atoms with van der Waals surface area (Å²) < 4.78 is 76.0. The van der Waals surface area contributed by atoms with Gasteiger partial charge in [-0.3, -0.25) is 0 Å². The highest BCUT2D eigenvalue weighted by molar-refractivity contribution is 6.32. The molecule has 372 valence electrons. The molecule has 0 N–H and O–H groups in total. The lowest BCUT2D eigenvalue weighted by molar-refractivity contribution is 0.589. The van der Waals surface area contributed by atoms with Crippen LogP contribution in [-0.4, -0.2) is 0 Å². The van der Waals surface area contributed by atoms with Gasteiger partial charge in [0, 0.05) is 21.5 Å². The lowest BCUT2D eigenvalue weighted by Crippen LogP contribution is -1.92. The second kappa shape index (κ2) is 15.7. The van der Waals surface area contributed by atoms with Gasteiger partial charge in [-0.1, -0.05) is 133 Å². The van der Waals surface area contributed by atoms with Gasteiger partial charge in [-0.15, -0.1) is 0 Å². The van der Waals surface area contributed by atoms with E-state index >= 15 is 17.6 Å². The molecule has 0 saturated heterocycles. The van der Waals surface area contributed by atoms with Crippen LogP contribution in [0.15, 0.2) is 227 Å². The van der Waals surface area contributed by atoms with Gasteiger partial charge in [0.25, 0.3) is 0 Å². The zero-order valence-corrected chi connectivity index (χ0v) is 42.1. The number of furan rings is 2. The molecule has 16 aromatic rings. The average molecular weight is 1030 g/mol. The molecule has 14 aromatic carbocycles. The number of fused-ring (bicyclic) bond motifs is 17. The van der Waals surface area contributed by atoms with Crippen molar-refractivity contribution in [2.45, 2.75) is 0 Å². The normalized spacial score (nSPS) is 12.5. The molecule has 80 heavy (non-hydrogen) atoms. The molecule has 0 amide bonds. The van der Waals surface area contributed by atoms with Gasteiger partial charge in [-0.05, 0) is 217 Å². The van der Waals surface area contributed by atoms with Gasteiger partial charge in [-0.2, -0.15) is 0 Å². The van der Waals surface area contributed by atoms with E-state index < -0.39 is 23.3 Å². The van der Waals surface area contributed by atoms with Gasteiger partial charge in [0.1, 0.15) is 45.6 Å². The lowest BCUT2D eigenvalue weighted by atomic mass is 9.83. The Kier molecular flexibility index (Phi) is 8.58. The molecule has 0 aliphatic heterocycles. The summed E-state index contributed by atoms with van der Waals surface area (Å²) in [5, 5.41) is 13.7. The van der Waals surface area contributed by atoms with Crippen molar-refractivity contribution in [3.8, 4) is 89.0 Å². The van der Waals surface area contributed by atoms with Crippen molar-refractivity contribution in [3.05, 3.63) is 242 Å². The third-order valence-corrected chi connectivity index (χ3v) is 17.4. The maximum absolute atomic E-state index is 15.7. The molecule has 2 aliphatic carbocycles. The standard InChI is InChI=1S/C74H36F4O2/c75-61-19-9-20-62(76)73(61)43-27-29-45-53-35-57-55(31-49(53)39-15-5-13-37(43)69(39)45)51(41-17-7-25-67-71(41)47-11-1-3-23-65(47)79-67)33-59-58-36-54-46-30-28-44(74-63(77)21-10-22-64(74)78)38-14-6-16-40(70(38)46)50(54)32-56(58)52(34-60(57)59)42-18-8-26-68-72(42)48-12-2-4-24-66(48)80-68/h1-36H. The SMILES string of the molecule is Fc1cccc(F)c1-c1ccc2c3c(cccc13)-c1cc3c(-c4cccc5oc6ccccc6c45)cc4c5cc6c(cc5c(-c5cccc7oc8ccccc8c57)cc4c3cc1-2)-c1cccc2c(-c3c(F)cccc3F)ccc-6c12. The number of halogens is 4. The van der Waals surface area contributed by atoms with Crippen LogP contribution in [0.3, 0.4) is 0 Å². The van der Waals surface area contributed by atoms with E-state index in [9.17, 15) is 0 Å². The molecular weight excluding hydrogens is 997 g/mol. The quantitative estimate of drug-likeness (QED) is 0.130. The minimum absolute atomic E-state index is 0.0453. The van der Waals surface area contributed by atoms with Crippen LogP contribution in [0, 0.1) is 23.3 Å². The summed E-state index contributed by atoms with van der Waals surface area (Å²) in [7, 11) is 0. The third-order valence-electron chi connectivity index (χ3n) is 17.4. The molecule has 18 rings (SSSR count). The van der Waals surface area contributed by atoms with Gasteiger partial charge in [-0.25, -0.2) is 17.6 Å². The zero-order chi connectivity index (χ0) is 52.8. The number of hydrogen-bond donors (Lipinski definition) is 0. The Morgan fingerprint density at radius 3 is 0.900 bits per heavy atom. The second-order valence-electron chi connectivity index (χ2n) is 21.4. The van der Waals surface area contributed by atoms with Crippen molar-refractivity contribution in [2.24, 2.45) is 0 Å². The Hall–Kier alpha value is -10.3. The van der Waals surface area contributed by atoms with E-state index in [1.54, 1.807) is 0 Å². The summed E-state index contributed by atoms with van der Waals surface area (Å²) in [6.07, 6.45) is 0. The first kappa shape index (κ1) is 43.8. The molecule has 2 aliphatic rings. The van der Waals surface area contributed by atoms with Gasteiger partial charge in [0.05, 0.1) is 11.1 Å². The monoisotopic (exact) mass is 1030 g/mol. The molecular formula is C74H36F4O2. The van der Waals surface area contributed by atoms with Gasteiger partial charge in [0.15, 0.2) is 0 Å². The molecule has 2 heterocycles. The maximum Gasteiger partial charge on any atom is 0.136 e. The van der Waals surface area contributed by atoms with Gasteiger partial charge >= 0.3 is 0 Å². The summed E-state index contributed by atoms with van der Waals surface area (Å²) >= 11 is 0. The van der Waals surface area contributed by atoms with E-state index in [2.05, 4.69) is 84.9 Å². The fraction of sp³-hybridized carbons (Fsp3) is 0. The number of benzene rings is 14. The van der Waals surface area contributed by atoms with Crippen LogP contribution in [0.25, 0.3) is 187 Å².